The zero-order chi connectivity index (χ0) is 13.4. The fourth-order valence-corrected chi connectivity index (χ4v) is 2.06. The molecule has 0 unspecified atom stereocenters. The molecule has 0 spiro atoms. The van der Waals surface area contributed by atoms with E-state index in [-0.39, 0.29) is 6.42 Å². The number of oxazole rings is 1. The minimum absolute atomic E-state index is 0.0817. The van der Waals surface area contributed by atoms with Gasteiger partial charge in [-0.25, -0.2) is 4.98 Å². The molecule has 19 heavy (non-hydrogen) atoms. The molecule has 0 aliphatic carbocycles. The number of fused-ring (bicyclic) bond motifs is 3. The summed E-state index contributed by atoms with van der Waals surface area (Å²) in [5, 5.41) is 10.8. The third kappa shape index (κ3) is 2.04. The maximum absolute atomic E-state index is 10.7. The largest absolute Gasteiger partial charge is 0.480 e. The SMILES string of the molecule is N[C@@H](Cc1nc2ccc3ccccc3c2o1)C(=O)O. The molecule has 0 bridgehead atoms. The lowest BCUT2D eigenvalue weighted by atomic mass is 10.1. The molecule has 5 heteroatoms. The highest BCUT2D eigenvalue weighted by Crippen LogP contribution is 2.26. The van der Waals surface area contributed by atoms with Crippen molar-refractivity contribution < 1.29 is 14.3 Å². The maximum atomic E-state index is 10.7. The first-order valence-electron chi connectivity index (χ1n) is 5.91. The van der Waals surface area contributed by atoms with Gasteiger partial charge >= 0.3 is 5.97 Å². The number of carboxylic acids is 1. The summed E-state index contributed by atoms with van der Waals surface area (Å²) in [4.78, 5) is 15.0. The van der Waals surface area contributed by atoms with E-state index < -0.39 is 12.0 Å². The summed E-state index contributed by atoms with van der Waals surface area (Å²) in [5.41, 5.74) is 6.87. The van der Waals surface area contributed by atoms with Gasteiger partial charge in [0.2, 0.25) is 0 Å². The average Bonchev–Trinajstić information content (AvgIpc) is 2.81. The summed E-state index contributed by atoms with van der Waals surface area (Å²) in [6.45, 7) is 0. The van der Waals surface area contributed by atoms with Crippen molar-refractivity contribution >= 4 is 27.8 Å². The van der Waals surface area contributed by atoms with Crippen LogP contribution in [0.15, 0.2) is 40.8 Å². The molecule has 0 aliphatic heterocycles. The second-order valence-corrected chi connectivity index (χ2v) is 4.39. The first-order chi connectivity index (χ1) is 9.15. The van der Waals surface area contributed by atoms with Gasteiger partial charge in [0.1, 0.15) is 11.6 Å². The molecule has 0 amide bonds. The topological polar surface area (TPSA) is 89.4 Å². The molecular weight excluding hydrogens is 244 g/mol. The van der Waals surface area contributed by atoms with Crippen molar-refractivity contribution in [3.8, 4) is 0 Å². The second kappa shape index (κ2) is 4.37. The monoisotopic (exact) mass is 256 g/mol. The van der Waals surface area contributed by atoms with Crippen LogP contribution in [-0.2, 0) is 11.2 Å². The highest BCUT2D eigenvalue weighted by molar-refractivity contribution is 6.02. The third-order valence-corrected chi connectivity index (χ3v) is 3.04. The molecule has 0 fully saturated rings. The highest BCUT2D eigenvalue weighted by atomic mass is 16.4. The maximum Gasteiger partial charge on any atom is 0.321 e. The number of rotatable bonds is 3. The quantitative estimate of drug-likeness (QED) is 0.747. The lowest BCUT2D eigenvalue weighted by Crippen LogP contribution is -2.32. The molecule has 3 aromatic rings. The van der Waals surface area contributed by atoms with Crippen LogP contribution in [0.2, 0.25) is 0 Å². The van der Waals surface area contributed by atoms with Crippen molar-refractivity contribution in [3.63, 3.8) is 0 Å². The van der Waals surface area contributed by atoms with Gasteiger partial charge in [-0.3, -0.25) is 4.79 Å². The normalized spacial score (nSPS) is 12.9. The van der Waals surface area contributed by atoms with Crippen LogP contribution in [0.25, 0.3) is 21.9 Å². The number of hydrogen-bond acceptors (Lipinski definition) is 4. The first kappa shape index (κ1) is 11.7. The lowest BCUT2D eigenvalue weighted by molar-refractivity contribution is -0.138. The Labute approximate surface area is 108 Å². The van der Waals surface area contributed by atoms with Crippen molar-refractivity contribution in [2.75, 3.05) is 0 Å². The van der Waals surface area contributed by atoms with Crippen LogP contribution in [0.5, 0.6) is 0 Å². The zero-order valence-electron chi connectivity index (χ0n) is 10.0. The Morgan fingerprint density at radius 1 is 1.32 bits per heavy atom. The molecule has 0 radical (unpaired) electrons. The molecule has 0 saturated heterocycles. The Hall–Kier alpha value is -2.40. The summed E-state index contributed by atoms with van der Waals surface area (Å²) in [6, 6.07) is 10.6. The number of benzene rings is 2. The van der Waals surface area contributed by atoms with Crippen LogP contribution in [0.3, 0.4) is 0 Å². The Morgan fingerprint density at radius 2 is 2.11 bits per heavy atom. The standard InChI is InChI=1S/C14H12N2O3/c15-10(14(17)18)7-12-16-11-6-5-8-3-1-2-4-9(8)13(11)19-12/h1-6,10H,7,15H2,(H,17,18)/t10-/m0/s1. The first-order valence-corrected chi connectivity index (χ1v) is 5.91. The Morgan fingerprint density at radius 3 is 2.89 bits per heavy atom. The van der Waals surface area contributed by atoms with Gasteiger partial charge in [0.05, 0.1) is 6.42 Å². The van der Waals surface area contributed by atoms with Crippen molar-refractivity contribution in [1.29, 1.82) is 0 Å². The zero-order valence-corrected chi connectivity index (χ0v) is 10.0. The minimum atomic E-state index is -1.06. The predicted octanol–water partition coefficient (Wildman–Crippen LogP) is 1.94. The van der Waals surface area contributed by atoms with Crippen LogP contribution >= 0.6 is 0 Å². The van der Waals surface area contributed by atoms with Crippen LogP contribution < -0.4 is 5.73 Å². The molecule has 3 rings (SSSR count). The van der Waals surface area contributed by atoms with E-state index in [0.29, 0.717) is 17.0 Å². The number of nitrogens with two attached hydrogens (primary N) is 1. The summed E-state index contributed by atoms with van der Waals surface area (Å²) >= 11 is 0. The van der Waals surface area contributed by atoms with Crippen molar-refractivity contribution in [3.05, 3.63) is 42.3 Å². The van der Waals surface area contributed by atoms with Gasteiger partial charge in [-0.1, -0.05) is 30.3 Å². The van der Waals surface area contributed by atoms with E-state index in [1.165, 1.54) is 0 Å². The summed E-state index contributed by atoms with van der Waals surface area (Å²) in [6.07, 6.45) is 0.0817. The van der Waals surface area contributed by atoms with Gasteiger partial charge < -0.3 is 15.3 Å². The van der Waals surface area contributed by atoms with Crippen LogP contribution in [0, 0.1) is 0 Å². The van der Waals surface area contributed by atoms with Gasteiger partial charge in [0.15, 0.2) is 11.5 Å². The van der Waals surface area contributed by atoms with Crippen molar-refractivity contribution in [2.24, 2.45) is 5.73 Å². The molecule has 0 aliphatic rings. The molecule has 1 aromatic heterocycles. The fourth-order valence-electron chi connectivity index (χ4n) is 2.06. The van der Waals surface area contributed by atoms with E-state index >= 15 is 0 Å². The second-order valence-electron chi connectivity index (χ2n) is 4.39. The van der Waals surface area contributed by atoms with Gasteiger partial charge in [-0.2, -0.15) is 0 Å². The summed E-state index contributed by atoms with van der Waals surface area (Å²) in [5.74, 6) is -0.714. The molecular formula is C14H12N2O3. The van der Waals surface area contributed by atoms with Gasteiger partial charge in [-0.15, -0.1) is 0 Å². The van der Waals surface area contributed by atoms with Gasteiger partial charge in [0, 0.05) is 5.39 Å². The van der Waals surface area contributed by atoms with Crippen molar-refractivity contribution in [2.45, 2.75) is 12.5 Å². The molecule has 96 valence electrons. The number of nitrogens with zero attached hydrogens (tertiary/aromatic N) is 1. The number of hydrogen-bond donors (Lipinski definition) is 2. The number of aliphatic carboxylic acids is 1. The van der Waals surface area contributed by atoms with E-state index in [1.54, 1.807) is 0 Å². The van der Waals surface area contributed by atoms with E-state index in [0.717, 1.165) is 10.8 Å². The Kier molecular flexibility index (Phi) is 2.68. The Balaban J connectivity index is 2.10. The van der Waals surface area contributed by atoms with Crippen LogP contribution in [0.4, 0.5) is 0 Å². The minimum Gasteiger partial charge on any atom is -0.480 e. The smallest absolute Gasteiger partial charge is 0.321 e. The van der Waals surface area contributed by atoms with E-state index in [1.807, 2.05) is 36.4 Å². The summed E-state index contributed by atoms with van der Waals surface area (Å²) in [7, 11) is 0. The molecule has 0 saturated carbocycles. The van der Waals surface area contributed by atoms with Crippen LogP contribution in [0.1, 0.15) is 5.89 Å². The molecule has 1 atom stereocenters. The van der Waals surface area contributed by atoms with Gasteiger partial charge in [0.25, 0.3) is 0 Å². The number of carbonyl (C=O) groups is 1. The fraction of sp³-hybridized carbons (Fsp3) is 0.143. The molecule has 3 N–H and O–H groups in total. The third-order valence-electron chi connectivity index (χ3n) is 3.04. The predicted molar refractivity (Wildman–Crippen MR) is 70.8 cm³/mol. The number of aromatic nitrogens is 1. The number of carboxylic acid groups (broad SMARTS) is 1. The molecule has 5 nitrogen and oxygen atoms in total. The average molecular weight is 256 g/mol. The summed E-state index contributed by atoms with van der Waals surface area (Å²) < 4.78 is 5.65. The van der Waals surface area contributed by atoms with E-state index in [9.17, 15) is 4.79 Å². The Bertz CT molecular complexity index is 764. The van der Waals surface area contributed by atoms with Crippen molar-refractivity contribution in [1.82, 2.24) is 4.98 Å². The molecule has 1 heterocycles. The molecule has 2 aromatic carbocycles. The van der Waals surface area contributed by atoms with Crippen LogP contribution in [-0.4, -0.2) is 22.1 Å². The lowest BCUT2D eigenvalue weighted by Gasteiger charge is -2.01. The van der Waals surface area contributed by atoms with E-state index in [2.05, 4.69) is 4.98 Å². The van der Waals surface area contributed by atoms with E-state index in [4.69, 9.17) is 15.3 Å². The highest BCUT2D eigenvalue weighted by Gasteiger charge is 2.17. The van der Waals surface area contributed by atoms with Gasteiger partial charge in [-0.05, 0) is 11.5 Å².